The van der Waals surface area contributed by atoms with E-state index in [9.17, 15) is 4.39 Å². The summed E-state index contributed by atoms with van der Waals surface area (Å²) in [6.45, 7) is 0. The number of hydrogen-bond acceptors (Lipinski definition) is 1. The summed E-state index contributed by atoms with van der Waals surface area (Å²) >= 11 is 0. The van der Waals surface area contributed by atoms with E-state index in [-0.39, 0.29) is 5.82 Å². The van der Waals surface area contributed by atoms with E-state index in [1.807, 2.05) is 36.5 Å². The lowest BCUT2D eigenvalue weighted by atomic mass is 9.95. The molecule has 1 aromatic heterocycles. The van der Waals surface area contributed by atoms with Gasteiger partial charge in [-0.15, -0.1) is 0 Å². The average Bonchev–Trinajstić information content (AvgIpc) is 3.01. The molecule has 0 atom stereocenters. The lowest BCUT2D eigenvalue weighted by molar-refractivity contribution is 0.628. The van der Waals surface area contributed by atoms with Gasteiger partial charge in [0, 0.05) is 17.1 Å². The van der Waals surface area contributed by atoms with E-state index < -0.39 is 0 Å². The van der Waals surface area contributed by atoms with E-state index >= 15 is 0 Å². The van der Waals surface area contributed by atoms with E-state index in [2.05, 4.69) is 102 Å². The van der Waals surface area contributed by atoms with Gasteiger partial charge in [0.1, 0.15) is 5.82 Å². The Morgan fingerprint density at radius 2 is 0.795 bits per heavy atom. The van der Waals surface area contributed by atoms with Crippen molar-refractivity contribution in [2.24, 2.45) is 0 Å². The number of fused-ring (bicyclic) bond motifs is 2. The monoisotopic (exact) mass is 501 g/mol. The molecule has 0 saturated carbocycles. The van der Waals surface area contributed by atoms with Gasteiger partial charge < -0.3 is 0 Å². The van der Waals surface area contributed by atoms with Gasteiger partial charge in [0.25, 0.3) is 0 Å². The fourth-order valence-corrected chi connectivity index (χ4v) is 5.19. The van der Waals surface area contributed by atoms with Crippen LogP contribution in [0.1, 0.15) is 0 Å². The lowest BCUT2D eigenvalue weighted by Crippen LogP contribution is -1.85. The van der Waals surface area contributed by atoms with E-state index in [1.54, 1.807) is 0 Å². The van der Waals surface area contributed by atoms with Crippen molar-refractivity contribution in [2.45, 2.75) is 0 Å². The van der Waals surface area contributed by atoms with Gasteiger partial charge in [-0.3, -0.25) is 4.98 Å². The molecule has 0 bridgehead atoms. The molecule has 0 aliphatic rings. The third-order valence-corrected chi connectivity index (χ3v) is 7.38. The number of rotatable bonds is 4. The first-order chi connectivity index (χ1) is 19.2. The third-order valence-electron chi connectivity index (χ3n) is 7.38. The smallest absolute Gasteiger partial charge is 0.123 e. The molecular weight excluding hydrogens is 477 g/mol. The Labute approximate surface area is 226 Å². The minimum atomic E-state index is -0.218. The Bertz CT molecular complexity index is 1940. The summed E-state index contributed by atoms with van der Waals surface area (Å²) in [5.41, 5.74) is 10.1. The van der Waals surface area contributed by atoms with Crippen LogP contribution in [0, 0.1) is 5.82 Å². The predicted molar refractivity (Wildman–Crippen MR) is 161 cm³/mol. The second-order valence-corrected chi connectivity index (χ2v) is 9.85. The van der Waals surface area contributed by atoms with Gasteiger partial charge in [-0.1, -0.05) is 103 Å². The standard InChI is InChI=1S/C37H24FN/c38-36-19-17-26(18-20-36)25-5-7-27(8-6-25)31-15-13-29-14-16-32(22-34(29)21-31)28-9-11-30(12-10-28)35-23-33-3-1-2-4-37(33)39-24-35/h1-24H. The van der Waals surface area contributed by atoms with Crippen molar-refractivity contribution in [2.75, 3.05) is 0 Å². The summed E-state index contributed by atoms with van der Waals surface area (Å²) < 4.78 is 13.3. The van der Waals surface area contributed by atoms with E-state index in [0.717, 1.165) is 38.7 Å². The van der Waals surface area contributed by atoms with Crippen molar-refractivity contribution in [3.8, 4) is 44.5 Å². The SMILES string of the molecule is Fc1ccc(-c2ccc(-c3ccc4ccc(-c5ccc(-c6cnc7ccccc7c6)cc5)cc4c3)cc2)cc1. The normalized spacial score (nSPS) is 11.2. The fourth-order valence-electron chi connectivity index (χ4n) is 5.19. The Morgan fingerprint density at radius 1 is 0.359 bits per heavy atom. The van der Waals surface area contributed by atoms with Crippen LogP contribution in [0.15, 0.2) is 146 Å². The quantitative estimate of drug-likeness (QED) is 0.234. The molecule has 1 nitrogen and oxygen atoms in total. The molecule has 0 radical (unpaired) electrons. The Hall–Kier alpha value is -5.08. The molecule has 0 aliphatic carbocycles. The van der Waals surface area contributed by atoms with Gasteiger partial charge in [-0.05, 0) is 86.1 Å². The van der Waals surface area contributed by atoms with Crippen LogP contribution in [0.3, 0.4) is 0 Å². The molecule has 0 N–H and O–H groups in total. The molecule has 0 spiro atoms. The highest BCUT2D eigenvalue weighted by Gasteiger charge is 2.06. The number of para-hydroxylation sites is 1. The topological polar surface area (TPSA) is 12.9 Å². The van der Waals surface area contributed by atoms with Crippen molar-refractivity contribution < 1.29 is 4.39 Å². The first-order valence-corrected chi connectivity index (χ1v) is 13.1. The second kappa shape index (κ2) is 9.66. The van der Waals surface area contributed by atoms with Gasteiger partial charge in [-0.25, -0.2) is 4.39 Å². The summed E-state index contributed by atoms with van der Waals surface area (Å²) in [5.74, 6) is -0.218. The van der Waals surface area contributed by atoms with Crippen LogP contribution >= 0.6 is 0 Å². The van der Waals surface area contributed by atoms with Crippen molar-refractivity contribution in [3.63, 3.8) is 0 Å². The molecule has 0 aliphatic heterocycles. The molecular formula is C37H24FN. The molecule has 0 saturated heterocycles. The van der Waals surface area contributed by atoms with Gasteiger partial charge in [0.2, 0.25) is 0 Å². The van der Waals surface area contributed by atoms with Crippen LogP contribution < -0.4 is 0 Å². The summed E-state index contributed by atoms with van der Waals surface area (Å²) in [4.78, 5) is 4.62. The van der Waals surface area contributed by atoms with Gasteiger partial charge in [0.05, 0.1) is 5.52 Å². The van der Waals surface area contributed by atoms with Crippen molar-refractivity contribution in [3.05, 3.63) is 152 Å². The molecule has 0 unspecified atom stereocenters. The number of halogens is 1. The maximum absolute atomic E-state index is 13.3. The number of pyridine rings is 1. The van der Waals surface area contributed by atoms with Crippen molar-refractivity contribution in [1.82, 2.24) is 4.98 Å². The van der Waals surface area contributed by atoms with Crippen LogP contribution in [0.25, 0.3) is 66.2 Å². The lowest BCUT2D eigenvalue weighted by Gasteiger charge is -2.09. The zero-order valence-corrected chi connectivity index (χ0v) is 21.2. The molecule has 0 fully saturated rings. The number of nitrogens with zero attached hydrogens (tertiary/aromatic N) is 1. The highest BCUT2D eigenvalue weighted by atomic mass is 19.1. The van der Waals surface area contributed by atoms with Gasteiger partial charge in [0.15, 0.2) is 0 Å². The fraction of sp³-hybridized carbons (Fsp3) is 0. The largest absolute Gasteiger partial charge is 0.256 e. The molecule has 39 heavy (non-hydrogen) atoms. The summed E-state index contributed by atoms with van der Waals surface area (Å²) in [6, 6.07) is 47.4. The highest BCUT2D eigenvalue weighted by Crippen LogP contribution is 2.31. The van der Waals surface area contributed by atoms with Gasteiger partial charge in [-0.2, -0.15) is 0 Å². The van der Waals surface area contributed by atoms with Crippen molar-refractivity contribution in [1.29, 1.82) is 0 Å². The minimum absolute atomic E-state index is 0.218. The number of benzene rings is 6. The number of aromatic nitrogens is 1. The number of hydrogen-bond donors (Lipinski definition) is 0. The zero-order chi connectivity index (χ0) is 26.2. The average molecular weight is 502 g/mol. The van der Waals surface area contributed by atoms with E-state index in [4.69, 9.17) is 0 Å². The van der Waals surface area contributed by atoms with Crippen LogP contribution in [0.4, 0.5) is 4.39 Å². The zero-order valence-electron chi connectivity index (χ0n) is 21.2. The molecule has 6 aromatic carbocycles. The molecule has 0 amide bonds. The second-order valence-electron chi connectivity index (χ2n) is 9.85. The van der Waals surface area contributed by atoms with Gasteiger partial charge >= 0.3 is 0 Å². The molecule has 1 heterocycles. The predicted octanol–water partition coefficient (Wildman–Crippen LogP) is 10.2. The molecule has 7 rings (SSSR count). The summed E-state index contributed by atoms with van der Waals surface area (Å²) in [6.07, 6.45) is 1.95. The van der Waals surface area contributed by atoms with E-state index in [1.165, 1.54) is 39.6 Å². The minimum Gasteiger partial charge on any atom is -0.256 e. The first-order valence-electron chi connectivity index (χ1n) is 13.1. The van der Waals surface area contributed by atoms with Crippen LogP contribution in [0.2, 0.25) is 0 Å². The van der Waals surface area contributed by atoms with Crippen LogP contribution in [0.5, 0.6) is 0 Å². The summed E-state index contributed by atoms with van der Waals surface area (Å²) in [7, 11) is 0. The molecule has 184 valence electrons. The van der Waals surface area contributed by atoms with Crippen molar-refractivity contribution >= 4 is 21.7 Å². The highest BCUT2D eigenvalue weighted by molar-refractivity contribution is 5.91. The Morgan fingerprint density at radius 3 is 1.38 bits per heavy atom. The van der Waals surface area contributed by atoms with Crippen LogP contribution in [-0.2, 0) is 0 Å². The Kier molecular flexibility index (Phi) is 5.71. The van der Waals surface area contributed by atoms with E-state index in [0.29, 0.717) is 0 Å². The summed E-state index contributed by atoms with van der Waals surface area (Å²) in [5, 5.41) is 3.56. The maximum Gasteiger partial charge on any atom is 0.123 e. The maximum atomic E-state index is 13.3. The van der Waals surface area contributed by atoms with Crippen LogP contribution in [-0.4, -0.2) is 4.98 Å². The third kappa shape index (κ3) is 4.58. The first kappa shape index (κ1) is 23.1. The molecule has 2 heteroatoms. The Balaban J connectivity index is 1.17. The molecule has 7 aromatic rings.